The first-order chi connectivity index (χ1) is 11.4. The highest BCUT2D eigenvalue weighted by molar-refractivity contribution is 7.15. The molecule has 24 heavy (non-hydrogen) atoms. The Morgan fingerprint density at radius 3 is 2.46 bits per heavy atom. The number of tetrazole rings is 1. The lowest BCUT2D eigenvalue weighted by Gasteiger charge is -2.08. The number of thiophene rings is 1. The van der Waals surface area contributed by atoms with E-state index in [-0.39, 0.29) is 11.3 Å². The van der Waals surface area contributed by atoms with Crippen molar-refractivity contribution in [1.29, 1.82) is 0 Å². The van der Waals surface area contributed by atoms with Crippen LogP contribution in [0.1, 0.15) is 20.8 Å². The number of carbonyl (C=O) groups excluding carboxylic acids is 1. The Morgan fingerprint density at radius 1 is 1.21 bits per heavy atom. The molecule has 10 heteroatoms. The lowest BCUT2D eigenvalue weighted by atomic mass is 10.1. The molecule has 0 aliphatic rings. The molecule has 1 N–H and O–H groups in total. The number of hydrogen-bond acceptors (Lipinski definition) is 5. The van der Waals surface area contributed by atoms with E-state index < -0.39 is 23.4 Å². The van der Waals surface area contributed by atoms with E-state index in [4.69, 9.17) is 0 Å². The fourth-order valence-electron chi connectivity index (χ4n) is 2.11. The first-order valence-corrected chi connectivity index (χ1v) is 7.49. The lowest BCUT2D eigenvalue weighted by Crippen LogP contribution is -2.15. The number of hydrogen-bond donors (Lipinski definition) is 1. The van der Waals surface area contributed by atoms with E-state index in [1.54, 1.807) is 6.92 Å². The number of anilines is 1. The summed E-state index contributed by atoms with van der Waals surface area (Å²) in [4.78, 5) is 13.4. The maximum atomic E-state index is 13.3. The van der Waals surface area contributed by atoms with E-state index in [9.17, 15) is 18.0 Å². The second kappa shape index (κ2) is 6.04. The van der Waals surface area contributed by atoms with Crippen molar-refractivity contribution in [3.63, 3.8) is 0 Å². The second-order valence-corrected chi connectivity index (χ2v) is 6.13. The maximum absolute atomic E-state index is 13.3. The van der Waals surface area contributed by atoms with Crippen LogP contribution in [0.4, 0.5) is 18.9 Å². The minimum absolute atomic E-state index is 0.192. The molecule has 124 valence electrons. The van der Waals surface area contributed by atoms with Crippen LogP contribution < -0.4 is 5.32 Å². The third kappa shape index (κ3) is 2.75. The van der Waals surface area contributed by atoms with E-state index in [1.165, 1.54) is 22.3 Å². The molecule has 0 unspecified atom stereocenters. The Bertz CT molecular complexity index is 900. The van der Waals surface area contributed by atoms with Gasteiger partial charge >= 0.3 is 0 Å². The van der Waals surface area contributed by atoms with Gasteiger partial charge in [0.25, 0.3) is 5.91 Å². The molecule has 0 aliphatic carbocycles. The number of carbonyl (C=O) groups is 1. The number of halogens is 3. The van der Waals surface area contributed by atoms with Crippen molar-refractivity contribution in [3.05, 3.63) is 51.9 Å². The molecule has 0 aliphatic heterocycles. The molecule has 0 atom stereocenters. The summed E-state index contributed by atoms with van der Waals surface area (Å²) >= 11 is 1.30. The zero-order valence-electron chi connectivity index (χ0n) is 12.5. The molecule has 1 amide bonds. The molecular formula is C14H10F3N5OS. The minimum atomic E-state index is -1.59. The van der Waals surface area contributed by atoms with Gasteiger partial charge in [0.2, 0.25) is 0 Å². The number of nitrogens with zero attached hydrogens (tertiary/aromatic N) is 4. The van der Waals surface area contributed by atoms with Crippen molar-refractivity contribution >= 4 is 22.9 Å². The van der Waals surface area contributed by atoms with Gasteiger partial charge < -0.3 is 5.32 Å². The van der Waals surface area contributed by atoms with E-state index >= 15 is 0 Å². The molecule has 0 radical (unpaired) electrons. The molecule has 0 saturated carbocycles. The summed E-state index contributed by atoms with van der Waals surface area (Å²) in [5.74, 6) is -4.97. The fourth-order valence-corrected chi connectivity index (χ4v) is 3.18. The summed E-state index contributed by atoms with van der Waals surface area (Å²) in [5, 5.41) is 13.6. The highest BCUT2D eigenvalue weighted by Crippen LogP contribution is 2.31. The van der Waals surface area contributed by atoms with Gasteiger partial charge in [-0.3, -0.25) is 4.79 Å². The summed E-state index contributed by atoms with van der Waals surface area (Å²) in [6, 6.07) is 1.42. The van der Waals surface area contributed by atoms with Crippen molar-refractivity contribution < 1.29 is 18.0 Å². The largest absolute Gasteiger partial charge is 0.322 e. The van der Waals surface area contributed by atoms with Crippen LogP contribution in [0, 0.1) is 31.3 Å². The van der Waals surface area contributed by atoms with Gasteiger partial charge in [-0.1, -0.05) is 0 Å². The average Bonchev–Trinajstić information content (AvgIpc) is 3.14. The van der Waals surface area contributed by atoms with Gasteiger partial charge in [0.15, 0.2) is 17.5 Å². The number of benzene rings is 1. The highest BCUT2D eigenvalue weighted by Gasteiger charge is 2.22. The Balaban J connectivity index is 1.99. The van der Waals surface area contributed by atoms with Crippen LogP contribution in [0.25, 0.3) is 5.00 Å². The molecule has 0 bridgehead atoms. The quantitative estimate of drug-likeness (QED) is 0.735. The number of amides is 1. The first kappa shape index (κ1) is 16.1. The molecule has 0 spiro atoms. The van der Waals surface area contributed by atoms with Crippen LogP contribution in [-0.4, -0.2) is 26.1 Å². The Morgan fingerprint density at radius 2 is 1.88 bits per heavy atom. The molecule has 1 aromatic carbocycles. The molecule has 3 rings (SSSR count). The monoisotopic (exact) mass is 353 g/mol. The van der Waals surface area contributed by atoms with Crippen LogP contribution in [0.2, 0.25) is 0 Å². The third-order valence-corrected chi connectivity index (χ3v) is 4.59. The van der Waals surface area contributed by atoms with Crippen molar-refractivity contribution in [2.45, 2.75) is 13.8 Å². The molecule has 6 nitrogen and oxygen atoms in total. The minimum Gasteiger partial charge on any atom is -0.322 e. The Kier molecular flexibility index (Phi) is 4.06. The molecule has 3 aromatic rings. The molecule has 2 heterocycles. The van der Waals surface area contributed by atoms with E-state index in [1.807, 2.05) is 6.92 Å². The number of aryl methyl sites for hydroxylation is 1. The molecule has 0 fully saturated rings. The predicted molar refractivity (Wildman–Crippen MR) is 80.8 cm³/mol. The SMILES string of the molecule is Cc1sc(-n2cnnn2)c(C(=O)Nc2cc(F)c(F)c(F)c2)c1C. The average molecular weight is 353 g/mol. The van der Waals surface area contributed by atoms with Crippen molar-refractivity contribution in [2.24, 2.45) is 0 Å². The standard InChI is InChI=1S/C14H10F3N5OS/c1-6-7(2)24-14(22-5-18-20-21-22)11(6)13(23)19-8-3-9(15)12(17)10(16)4-8/h3-5H,1-2H3,(H,19,23). The van der Waals surface area contributed by atoms with Crippen LogP contribution in [-0.2, 0) is 0 Å². The molecule has 0 saturated heterocycles. The zero-order valence-corrected chi connectivity index (χ0v) is 13.3. The van der Waals surface area contributed by atoms with Crippen molar-refractivity contribution in [3.8, 4) is 5.00 Å². The van der Waals surface area contributed by atoms with E-state index in [0.29, 0.717) is 22.7 Å². The molecule has 2 aromatic heterocycles. The Hall–Kier alpha value is -2.75. The zero-order chi connectivity index (χ0) is 17.4. The second-order valence-electron chi connectivity index (χ2n) is 4.93. The summed E-state index contributed by atoms with van der Waals surface area (Å²) in [5.41, 5.74) is 0.767. The molecular weight excluding hydrogens is 343 g/mol. The smallest absolute Gasteiger partial charge is 0.259 e. The normalized spacial score (nSPS) is 10.9. The lowest BCUT2D eigenvalue weighted by molar-refractivity contribution is 0.102. The van der Waals surface area contributed by atoms with Gasteiger partial charge in [-0.25, -0.2) is 13.2 Å². The van der Waals surface area contributed by atoms with E-state index in [2.05, 4.69) is 20.8 Å². The van der Waals surface area contributed by atoms with Gasteiger partial charge in [-0.05, 0) is 29.8 Å². The highest BCUT2D eigenvalue weighted by atomic mass is 32.1. The van der Waals surface area contributed by atoms with Crippen LogP contribution in [0.5, 0.6) is 0 Å². The van der Waals surface area contributed by atoms with Crippen LogP contribution >= 0.6 is 11.3 Å². The summed E-state index contributed by atoms with van der Waals surface area (Å²) in [6.07, 6.45) is 1.33. The van der Waals surface area contributed by atoms with Crippen LogP contribution in [0.3, 0.4) is 0 Å². The van der Waals surface area contributed by atoms with Gasteiger partial charge in [0.05, 0.1) is 5.56 Å². The van der Waals surface area contributed by atoms with E-state index in [0.717, 1.165) is 4.88 Å². The van der Waals surface area contributed by atoms with Gasteiger partial charge in [0, 0.05) is 22.7 Å². The summed E-state index contributed by atoms with van der Waals surface area (Å²) in [6.45, 7) is 3.56. The Labute approximate surface area is 137 Å². The van der Waals surface area contributed by atoms with Gasteiger partial charge in [-0.15, -0.1) is 16.4 Å². The predicted octanol–water partition coefficient (Wildman–Crippen LogP) is 3.01. The van der Waals surface area contributed by atoms with Crippen LogP contribution in [0.15, 0.2) is 18.5 Å². The summed E-state index contributed by atoms with van der Waals surface area (Å²) in [7, 11) is 0. The van der Waals surface area contributed by atoms with Gasteiger partial charge in [0.1, 0.15) is 11.3 Å². The fraction of sp³-hybridized carbons (Fsp3) is 0.143. The third-order valence-electron chi connectivity index (χ3n) is 3.39. The number of aromatic nitrogens is 4. The summed E-state index contributed by atoms with van der Waals surface area (Å²) < 4.78 is 40.9. The van der Waals surface area contributed by atoms with Crippen molar-refractivity contribution in [1.82, 2.24) is 20.2 Å². The van der Waals surface area contributed by atoms with Gasteiger partial charge in [-0.2, -0.15) is 4.68 Å². The number of rotatable bonds is 3. The first-order valence-electron chi connectivity index (χ1n) is 6.67. The number of nitrogens with one attached hydrogen (secondary N) is 1. The topological polar surface area (TPSA) is 72.7 Å². The van der Waals surface area contributed by atoms with Crippen molar-refractivity contribution in [2.75, 3.05) is 5.32 Å². The maximum Gasteiger partial charge on any atom is 0.259 e.